The third-order valence-corrected chi connectivity index (χ3v) is 14.1. The van der Waals surface area contributed by atoms with Crippen molar-refractivity contribution in [2.75, 3.05) is 4.90 Å². The number of rotatable bonds is 4. The lowest BCUT2D eigenvalue weighted by molar-refractivity contribution is 0.447. The lowest BCUT2D eigenvalue weighted by Gasteiger charge is -2.40. The molecule has 292 valence electrons. The first-order valence-corrected chi connectivity index (χ1v) is 21.7. The van der Waals surface area contributed by atoms with E-state index < -0.39 is 5.41 Å². The van der Waals surface area contributed by atoms with Gasteiger partial charge >= 0.3 is 0 Å². The number of hydrogen-bond donors (Lipinski definition) is 0. The van der Waals surface area contributed by atoms with Crippen molar-refractivity contribution >= 4 is 38.6 Å². The summed E-state index contributed by atoms with van der Waals surface area (Å²) >= 11 is 0. The summed E-state index contributed by atoms with van der Waals surface area (Å²) in [5.74, 6) is 1.86. The molecule has 1 aliphatic heterocycles. The second-order valence-electron chi connectivity index (χ2n) is 17.6. The van der Waals surface area contributed by atoms with Crippen molar-refractivity contribution in [3.8, 4) is 44.9 Å². The Kier molecular flexibility index (Phi) is 7.31. The Hall–Kier alpha value is -7.68. The molecule has 0 radical (unpaired) electrons. The second kappa shape index (κ2) is 12.9. The molecule has 1 spiro atoms. The van der Waals surface area contributed by atoms with Crippen LogP contribution < -0.4 is 9.64 Å². The van der Waals surface area contributed by atoms with Crippen LogP contribution >= 0.6 is 0 Å². The van der Waals surface area contributed by atoms with E-state index in [1.165, 1.54) is 77.5 Å². The maximum Gasteiger partial charge on any atom is 0.140 e. The van der Waals surface area contributed by atoms with Crippen molar-refractivity contribution in [3.05, 3.63) is 246 Å². The average molecular weight is 792 g/mol. The minimum absolute atomic E-state index is 0.133. The zero-order valence-electron chi connectivity index (χ0n) is 34.6. The number of ether oxygens (including phenoxy) is 1. The summed E-state index contributed by atoms with van der Waals surface area (Å²) in [5.41, 5.74) is 17.8. The molecule has 10 aromatic carbocycles. The predicted molar refractivity (Wildman–Crippen MR) is 257 cm³/mol. The van der Waals surface area contributed by atoms with E-state index in [9.17, 15) is 0 Å². The Balaban J connectivity index is 1.06. The molecule has 0 saturated carbocycles. The van der Waals surface area contributed by atoms with E-state index in [-0.39, 0.29) is 5.41 Å². The van der Waals surface area contributed by atoms with Gasteiger partial charge in [-0.2, -0.15) is 0 Å². The molecule has 0 bridgehead atoms. The summed E-state index contributed by atoms with van der Waals surface area (Å²) in [4.78, 5) is 2.45. The van der Waals surface area contributed by atoms with Gasteiger partial charge in [0.1, 0.15) is 11.5 Å². The number of hydrogen-bond acceptors (Lipinski definition) is 2. The van der Waals surface area contributed by atoms with E-state index in [2.05, 4.69) is 231 Å². The maximum absolute atomic E-state index is 7.21. The molecule has 62 heavy (non-hydrogen) atoms. The molecule has 0 unspecified atom stereocenters. The highest BCUT2D eigenvalue weighted by Crippen LogP contribution is 2.64. The first-order valence-electron chi connectivity index (χ1n) is 21.7. The van der Waals surface area contributed by atoms with Gasteiger partial charge in [-0.05, 0) is 103 Å². The van der Waals surface area contributed by atoms with Gasteiger partial charge in [0.15, 0.2) is 0 Å². The van der Waals surface area contributed by atoms with Crippen LogP contribution in [0.2, 0.25) is 0 Å². The standard InChI is InChI=1S/C60H41NO/c1-59(2)51-22-12-10-20-47(51)49-32-30-44(37-56(49)59)61(42-28-24-39(25-29-42)38-14-4-3-5-15-38)43-31-35-53-50(36-43)48-21-11-13-23-52(48)60(53)54-33-26-40-16-6-8-18-45(40)57(54)62-58-46-19-9-7-17-41(46)27-34-55(58)60/h3-37H,1-2H3. The van der Waals surface area contributed by atoms with Gasteiger partial charge in [-0.25, -0.2) is 0 Å². The van der Waals surface area contributed by atoms with Gasteiger partial charge in [-0.15, -0.1) is 0 Å². The third-order valence-electron chi connectivity index (χ3n) is 14.1. The van der Waals surface area contributed by atoms with E-state index in [1.807, 2.05) is 0 Å². The fourth-order valence-corrected chi connectivity index (χ4v) is 11.2. The van der Waals surface area contributed by atoms with Gasteiger partial charge in [-0.3, -0.25) is 0 Å². The summed E-state index contributed by atoms with van der Waals surface area (Å²) in [6.45, 7) is 4.73. The number of anilines is 3. The lowest BCUT2D eigenvalue weighted by Crippen LogP contribution is -2.32. The molecule has 3 aliphatic rings. The van der Waals surface area contributed by atoms with Crippen LogP contribution in [0.4, 0.5) is 17.1 Å². The molecule has 2 aliphatic carbocycles. The minimum atomic E-state index is -0.604. The molecule has 0 N–H and O–H groups in total. The lowest BCUT2D eigenvalue weighted by atomic mass is 9.65. The van der Waals surface area contributed by atoms with Crippen LogP contribution in [-0.2, 0) is 10.8 Å². The highest BCUT2D eigenvalue weighted by molar-refractivity contribution is 6.00. The predicted octanol–water partition coefficient (Wildman–Crippen LogP) is 15.9. The van der Waals surface area contributed by atoms with Crippen LogP contribution in [0.25, 0.3) is 54.9 Å². The van der Waals surface area contributed by atoms with E-state index in [1.54, 1.807) is 0 Å². The van der Waals surface area contributed by atoms with Crippen LogP contribution in [-0.4, -0.2) is 0 Å². The summed E-state index contributed by atoms with van der Waals surface area (Å²) in [6.07, 6.45) is 0. The van der Waals surface area contributed by atoms with Crippen LogP contribution in [0.5, 0.6) is 11.5 Å². The molecule has 0 atom stereocenters. The van der Waals surface area contributed by atoms with Gasteiger partial charge in [0, 0.05) is 44.4 Å². The van der Waals surface area contributed by atoms with Gasteiger partial charge < -0.3 is 9.64 Å². The highest BCUT2D eigenvalue weighted by atomic mass is 16.5. The number of benzene rings is 10. The molecule has 0 aromatic heterocycles. The van der Waals surface area contributed by atoms with E-state index in [4.69, 9.17) is 4.74 Å². The maximum atomic E-state index is 7.21. The summed E-state index contributed by atoms with van der Waals surface area (Å²) < 4.78 is 7.21. The molecular weight excluding hydrogens is 751 g/mol. The first kappa shape index (κ1) is 35.1. The molecule has 2 heteroatoms. The molecule has 10 aromatic rings. The number of fused-ring (bicyclic) bond motifs is 16. The zero-order chi connectivity index (χ0) is 41.2. The smallest absolute Gasteiger partial charge is 0.140 e. The van der Waals surface area contributed by atoms with Gasteiger partial charge in [0.05, 0.1) is 5.41 Å². The monoisotopic (exact) mass is 791 g/mol. The van der Waals surface area contributed by atoms with Crippen LogP contribution in [0.3, 0.4) is 0 Å². The van der Waals surface area contributed by atoms with Crippen molar-refractivity contribution in [2.45, 2.75) is 24.7 Å². The molecule has 2 nitrogen and oxygen atoms in total. The summed E-state index contributed by atoms with van der Waals surface area (Å²) in [7, 11) is 0. The van der Waals surface area contributed by atoms with E-state index >= 15 is 0 Å². The molecule has 0 fully saturated rings. The Morgan fingerprint density at radius 2 is 0.823 bits per heavy atom. The van der Waals surface area contributed by atoms with Crippen LogP contribution in [0, 0.1) is 0 Å². The first-order chi connectivity index (χ1) is 30.5. The Bertz CT molecular complexity index is 3380. The summed E-state index contributed by atoms with van der Waals surface area (Å²) in [5, 5.41) is 4.58. The summed E-state index contributed by atoms with van der Waals surface area (Å²) in [6, 6.07) is 78.4. The fourth-order valence-electron chi connectivity index (χ4n) is 11.2. The van der Waals surface area contributed by atoms with E-state index in [0.29, 0.717) is 0 Å². The van der Waals surface area contributed by atoms with Gasteiger partial charge in [-0.1, -0.05) is 190 Å². The molecule has 1 heterocycles. The van der Waals surface area contributed by atoms with Crippen LogP contribution in [0.15, 0.2) is 212 Å². The zero-order valence-corrected chi connectivity index (χ0v) is 34.6. The van der Waals surface area contributed by atoms with Gasteiger partial charge in [0.2, 0.25) is 0 Å². The van der Waals surface area contributed by atoms with Gasteiger partial charge in [0.25, 0.3) is 0 Å². The van der Waals surface area contributed by atoms with Crippen molar-refractivity contribution in [3.63, 3.8) is 0 Å². The Morgan fingerprint density at radius 3 is 1.52 bits per heavy atom. The molecule has 0 amide bonds. The highest BCUT2D eigenvalue weighted by Gasteiger charge is 2.52. The van der Waals surface area contributed by atoms with Crippen molar-refractivity contribution in [2.24, 2.45) is 0 Å². The number of nitrogens with zero attached hydrogens (tertiary/aromatic N) is 1. The van der Waals surface area contributed by atoms with Crippen molar-refractivity contribution in [1.82, 2.24) is 0 Å². The fraction of sp³-hybridized carbons (Fsp3) is 0.0667. The second-order valence-corrected chi connectivity index (χ2v) is 17.6. The quantitative estimate of drug-likeness (QED) is 0.176. The Labute approximate surface area is 362 Å². The molecule has 0 saturated heterocycles. The third kappa shape index (κ3) is 4.75. The SMILES string of the molecule is CC1(C)c2ccccc2-c2ccc(N(c3ccc(-c4ccccc4)cc3)c3ccc4c(c3)-c3ccccc3C43c4ccc5ccccc5c4Oc4c3ccc3ccccc43)cc21. The largest absolute Gasteiger partial charge is 0.455 e. The van der Waals surface area contributed by atoms with Crippen molar-refractivity contribution < 1.29 is 4.74 Å². The Morgan fingerprint density at radius 1 is 0.339 bits per heavy atom. The average Bonchev–Trinajstić information content (AvgIpc) is 3.74. The van der Waals surface area contributed by atoms with Crippen molar-refractivity contribution in [1.29, 1.82) is 0 Å². The van der Waals surface area contributed by atoms with Crippen LogP contribution in [0.1, 0.15) is 47.2 Å². The normalized spacial score (nSPS) is 14.4. The minimum Gasteiger partial charge on any atom is -0.455 e. The molecule has 13 rings (SSSR count). The topological polar surface area (TPSA) is 12.5 Å². The van der Waals surface area contributed by atoms with E-state index in [0.717, 1.165) is 39.3 Å². The molecular formula is C60H41NO.